The standard InChI is InChI=1S/C13H20N4OS/c1-19-13(7-3-2-4-8-13)9-15-12(18)10-5-6-11(14)17-16-10/h5-6H,2-4,7-9H2,1H3,(H2,14,17)(H,15,18). The molecule has 104 valence electrons. The van der Waals surface area contributed by atoms with Gasteiger partial charge in [0, 0.05) is 11.3 Å². The van der Waals surface area contributed by atoms with Gasteiger partial charge in [0.15, 0.2) is 5.69 Å². The van der Waals surface area contributed by atoms with E-state index in [0.717, 1.165) is 0 Å². The maximum atomic E-state index is 12.0. The molecule has 1 fully saturated rings. The molecular weight excluding hydrogens is 260 g/mol. The van der Waals surface area contributed by atoms with Crippen LogP contribution in [0.25, 0.3) is 0 Å². The SMILES string of the molecule is CSC1(CNC(=O)c2ccc(N)nn2)CCCCC1. The van der Waals surface area contributed by atoms with Gasteiger partial charge in [-0.25, -0.2) is 0 Å². The van der Waals surface area contributed by atoms with Crippen molar-refractivity contribution in [2.45, 2.75) is 36.9 Å². The van der Waals surface area contributed by atoms with Crippen LogP contribution in [0.4, 0.5) is 5.82 Å². The third kappa shape index (κ3) is 3.59. The molecule has 1 amide bonds. The van der Waals surface area contributed by atoms with Gasteiger partial charge < -0.3 is 11.1 Å². The van der Waals surface area contributed by atoms with E-state index < -0.39 is 0 Å². The molecule has 2 rings (SSSR count). The highest BCUT2D eigenvalue weighted by molar-refractivity contribution is 8.00. The highest BCUT2D eigenvalue weighted by Gasteiger charge is 2.31. The van der Waals surface area contributed by atoms with Crippen LogP contribution >= 0.6 is 11.8 Å². The highest BCUT2D eigenvalue weighted by Crippen LogP contribution is 2.37. The molecule has 0 saturated heterocycles. The van der Waals surface area contributed by atoms with Crippen molar-refractivity contribution in [3.05, 3.63) is 17.8 Å². The van der Waals surface area contributed by atoms with E-state index >= 15 is 0 Å². The zero-order valence-electron chi connectivity index (χ0n) is 11.2. The number of nitrogens with one attached hydrogen (secondary N) is 1. The summed E-state index contributed by atoms with van der Waals surface area (Å²) in [5.74, 6) is 0.149. The molecule has 1 aromatic heterocycles. The van der Waals surface area contributed by atoms with E-state index in [0.29, 0.717) is 18.1 Å². The van der Waals surface area contributed by atoms with Crippen molar-refractivity contribution in [3.8, 4) is 0 Å². The summed E-state index contributed by atoms with van der Waals surface area (Å²) in [5.41, 5.74) is 5.77. The van der Waals surface area contributed by atoms with Crippen molar-refractivity contribution in [1.29, 1.82) is 0 Å². The molecule has 1 aromatic rings. The Morgan fingerprint density at radius 3 is 2.68 bits per heavy atom. The summed E-state index contributed by atoms with van der Waals surface area (Å²) in [6.45, 7) is 0.694. The first kappa shape index (κ1) is 14.1. The average molecular weight is 280 g/mol. The summed E-state index contributed by atoms with van der Waals surface area (Å²) < 4.78 is 0.190. The lowest BCUT2D eigenvalue weighted by molar-refractivity contribution is 0.0941. The van der Waals surface area contributed by atoms with Crippen LogP contribution in [0.2, 0.25) is 0 Å². The van der Waals surface area contributed by atoms with Gasteiger partial charge in [0.05, 0.1) is 0 Å². The van der Waals surface area contributed by atoms with Gasteiger partial charge in [0.2, 0.25) is 0 Å². The Kier molecular flexibility index (Phi) is 4.63. The molecule has 1 saturated carbocycles. The number of nitrogens with two attached hydrogens (primary N) is 1. The number of nitrogen functional groups attached to an aromatic ring is 1. The van der Waals surface area contributed by atoms with Crippen LogP contribution in [0.5, 0.6) is 0 Å². The molecule has 1 aliphatic rings. The summed E-state index contributed by atoms with van der Waals surface area (Å²) in [6.07, 6.45) is 8.26. The zero-order chi connectivity index (χ0) is 13.7. The third-order valence-corrected chi connectivity index (χ3v) is 5.11. The van der Waals surface area contributed by atoms with Gasteiger partial charge in [-0.05, 0) is 31.2 Å². The summed E-state index contributed by atoms with van der Waals surface area (Å²) in [4.78, 5) is 12.0. The number of carbonyl (C=O) groups is 1. The van der Waals surface area contributed by atoms with Gasteiger partial charge in [-0.3, -0.25) is 4.79 Å². The van der Waals surface area contributed by atoms with Gasteiger partial charge in [-0.15, -0.1) is 10.2 Å². The molecule has 19 heavy (non-hydrogen) atoms. The minimum absolute atomic E-state index is 0.175. The fourth-order valence-electron chi connectivity index (χ4n) is 2.44. The Morgan fingerprint density at radius 1 is 1.37 bits per heavy atom. The molecule has 0 spiro atoms. The molecule has 5 nitrogen and oxygen atoms in total. The Balaban J connectivity index is 1.93. The van der Waals surface area contributed by atoms with Crippen molar-refractivity contribution in [2.24, 2.45) is 0 Å². The summed E-state index contributed by atoms with van der Waals surface area (Å²) in [6, 6.07) is 3.19. The topological polar surface area (TPSA) is 80.9 Å². The maximum Gasteiger partial charge on any atom is 0.271 e. The Hall–Kier alpha value is -1.30. The monoisotopic (exact) mass is 280 g/mol. The van der Waals surface area contributed by atoms with Crippen LogP contribution in [0, 0.1) is 0 Å². The lowest BCUT2D eigenvalue weighted by atomic mass is 9.88. The normalized spacial score (nSPS) is 17.9. The van der Waals surface area contributed by atoms with E-state index in [-0.39, 0.29) is 10.7 Å². The highest BCUT2D eigenvalue weighted by atomic mass is 32.2. The summed E-state index contributed by atoms with van der Waals surface area (Å²) in [7, 11) is 0. The van der Waals surface area contributed by atoms with E-state index in [1.807, 2.05) is 11.8 Å². The van der Waals surface area contributed by atoms with Crippen LogP contribution < -0.4 is 11.1 Å². The fourth-order valence-corrected chi connectivity index (χ4v) is 3.36. The quantitative estimate of drug-likeness (QED) is 0.879. The number of aromatic nitrogens is 2. The minimum atomic E-state index is -0.175. The molecule has 1 heterocycles. The number of thioether (sulfide) groups is 1. The van der Waals surface area contributed by atoms with Crippen LogP contribution in [0.15, 0.2) is 12.1 Å². The van der Waals surface area contributed by atoms with Crippen LogP contribution in [-0.2, 0) is 0 Å². The molecule has 0 bridgehead atoms. The van der Waals surface area contributed by atoms with Crippen LogP contribution in [0.3, 0.4) is 0 Å². The van der Waals surface area contributed by atoms with Gasteiger partial charge in [0.25, 0.3) is 5.91 Å². The molecule has 0 aromatic carbocycles. The molecule has 0 atom stereocenters. The predicted octanol–water partition coefficient (Wildman–Crippen LogP) is 1.85. The molecule has 1 aliphatic carbocycles. The first-order valence-electron chi connectivity index (χ1n) is 6.58. The first-order chi connectivity index (χ1) is 9.15. The largest absolute Gasteiger partial charge is 0.382 e. The number of hydrogen-bond acceptors (Lipinski definition) is 5. The van der Waals surface area contributed by atoms with Gasteiger partial charge in [-0.1, -0.05) is 19.3 Å². The second kappa shape index (κ2) is 6.23. The Bertz CT molecular complexity index is 429. The van der Waals surface area contributed by atoms with Crippen molar-refractivity contribution in [2.75, 3.05) is 18.5 Å². The van der Waals surface area contributed by atoms with Crippen molar-refractivity contribution >= 4 is 23.5 Å². The molecule has 0 radical (unpaired) electrons. The Labute approximate surface area is 117 Å². The fraction of sp³-hybridized carbons (Fsp3) is 0.615. The summed E-state index contributed by atoms with van der Waals surface area (Å²) >= 11 is 1.86. The van der Waals surface area contributed by atoms with Crippen molar-refractivity contribution in [3.63, 3.8) is 0 Å². The lowest BCUT2D eigenvalue weighted by Crippen LogP contribution is -2.42. The third-order valence-electron chi connectivity index (χ3n) is 3.69. The van der Waals surface area contributed by atoms with Gasteiger partial charge in [-0.2, -0.15) is 11.8 Å². The van der Waals surface area contributed by atoms with Crippen molar-refractivity contribution in [1.82, 2.24) is 15.5 Å². The summed E-state index contributed by atoms with van der Waals surface area (Å²) in [5, 5.41) is 10.5. The van der Waals surface area contributed by atoms with E-state index in [4.69, 9.17) is 5.73 Å². The van der Waals surface area contributed by atoms with Crippen molar-refractivity contribution < 1.29 is 4.79 Å². The number of amides is 1. The van der Waals surface area contributed by atoms with Crippen LogP contribution in [0.1, 0.15) is 42.6 Å². The number of carbonyl (C=O) groups excluding carboxylic acids is 1. The molecule has 3 N–H and O–H groups in total. The van der Waals surface area contributed by atoms with E-state index in [1.54, 1.807) is 12.1 Å². The zero-order valence-corrected chi connectivity index (χ0v) is 12.0. The van der Waals surface area contributed by atoms with E-state index in [1.165, 1.54) is 32.1 Å². The molecule has 0 aliphatic heterocycles. The number of nitrogens with zero attached hydrogens (tertiary/aromatic N) is 2. The molecule has 6 heteroatoms. The van der Waals surface area contributed by atoms with E-state index in [2.05, 4.69) is 21.8 Å². The van der Waals surface area contributed by atoms with Crippen LogP contribution in [-0.4, -0.2) is 33.7 Å². The first-order valence-corrected chi connectivity index (χ1v) is 7.80. The second-order valence-electron chi connectivity index (χ2n) is 4.97. The molecule has 0 unspecified atom stereocenters. The smallest absolute Gasteiger partial charge is 0.271 e. The molecular formula is C13H20N4OS. The number of hydrogen-bond donors (Lipinski definition) is 2. The average Bonchev–Trinajstić information content (AvgIpc) is 2.46. The number of rotatable bonds is 4. The Morgan fingerprint density at radius 2 is 2.11 bits per heavy atom. The lowest BCUT2D eigenvalue weighted by Gasteiger charge is -2.35. The number of anilines is 1. The van der Waals surface area contributed by atoms with E-state index in [9.17, 15) is 4.79 Å². The second-order valence-corrected chi connectivity index (χ2v) is 6.25. The predicted molar refractivity (Wildman–Crippen MR) is 78.1 cm³/mol. The van der Waals surface area contributed by atoms with Gasteiger partial charge >= 0.3 is 0 Å². The maximum absolute atomic E-state index is 12.0. The minimum Gasteiger partial charge on any atom is -0.382 e. The van der Waals surface area contributed by atoms with Gasteiger partial charge in [0.1, 0.15) is 5.82 Å².